The summed E-state index contributed by atoms with van der Waals surface area (Å²) in [7, 11) is 0. The van der Waals surface area contributed by atoms with Crippen LogP contribution in [0.25, 0.3) is 0 Å². The van der Waals surface area contributed by atoms with Crippen LogP contribution in [0.1, 0.15) is 188 Å². The van der Waals surface area contributed by atoms with E-state index in [4.69, 9.17) is 4.74 Å². The van der Waals surface area contributed by atoms with Crippen LogP contribution in [0.5, 0.6) is 0 Å². The molecule has 0 spiro atoms. The van der Waals surface area contributed by atoms with Crippen molar-refractivity contribution < 1.29 is 38.3 Å². The van der Waals surface area contributed by atoms with Crippen LogP contribution in [0.4, 0.5) is 0 Å². The summed E-state index contributed by atoms with van der Waals surface area (Å²) < 4.78 is 5.30. The Balaban J connectivity index is -0.000000322. The van der Waals surface area contributed by atoms with E-state index in [1.54, 1.807) is 0 Å². The molecule has 0 radical (unpaired) electrons. The fourth-order valence-electron chi connectivity index (χ4n) is 4.51. The predicted molar refractivity (Wildman–Crippen MR) is 227 cm³/mol. The minimum Gasteiger partial charge on any atom is -0.381 e. The lowest BCUT2D eigenvalue weighted by Crippen LogP contribution is -2.30. The molecule has 10 heteroatoms. The molecule has 0 aromatic heterocycles. The highest BCUT2D eigenvalue weighted by Gasteiger charge is 2.11. The van der Waals surface area contributed by atoms with Gasteiger partial charge in [0.1, 0.15) is 28.9 Å². The number of rotatable bonds is 26. The summed E-state index contributed by atoms with van der Waals surface area (Å²) in [5.74, 6) is 3.08. The molecule has 0 saturated heterocycles. The van der Waals surface area contributed by atoms with Crippen molar-refractivity contribution in [3.63, 3.8) is 0 Å². The average Bonchev–Trinajstić information content (AvgIpc) is 3.03. The molecule has 0 aliphatic heterocycles. The number of ketones is 5. The summed E-state index contributed by atoms with van der Waals surface area (Å²) in [6, 6.07) is 0.376. The van der Waals surface area contributed by atoms with Crippen molar-refractivity contribution in [3.8, 4) is 0 Å². The van der Waals surface area contributed by atoms with E-state index < -0.39 is 0 Å². The maximum absolute atomic E-state index is 11.3. The number of ether oxygens (including phenoxy) is 1. The Morgan fingerprint density at radius 1 is 0.382 bits per heavy atom. The maximum atomic E-state index is 11.3. The van der Waals surface area contributed by atoms with Crippen LogP contribution in [0, 0.1) is 35.5 Å². The van der Waals surface area contributed by atoms with E-state index in [-0.39, 0.29) is 64.9 Å². The van der Waals surface area contributed by atoms with Gasteiger partial charge in [-0.2, -0.15) is 0 Å². The molecule has 0 rings (SSSR count). The van der Waals surface area contributed by atoms with Crippen molar-refractivity contribution >= 4 is 40.7 Å². The molecule has 2 amide bonds. The molecule has 0 unspecified atom stereocenters. The monoisotopic (exact) mass is 783 g/mol. The smallest absolute Gasteiger partial charge is 0.222 e. The number of amides is 2. The Labute approximate surface area is 337 Å². The number of carbonyl (C=O) groups excluding carboxylic acids is 7. The van der Waals surface area contributed by atoms with E-state index >= 15 is 0 Å². The van der Waals surface area contributed by atoms with E-state index in [0.29, 0.717) is 81.6 Å². The minimum atomic E-state index is 0.0123. The van der Waals surface area contributed by atoms with Crippen molar-refractivity contribution in [2.75, 3.05) is 13.2 Å². The lowest BCUT2D eigenvalue weighted by atomic mass is 9.99. The first-order valence-electron chi connectivity index (χ1n) is 21.1. The van der Waals surface area contributed by atoms with Gasteiger partial charge < -0.3 is 15.4 Å². The second-order valence-corrected chi connectivity index (χ2v) is 17.2. The second kappa shape index (κ2) is 36.9. The summed E-state index contributed by atoms with van der Waals surface area (Å²) in [5.41, 5.74) is 0. The van der Waals surface area contributed by atoms with Gasteiger partial charge in [-0.1, -0.05) is 83.1 Å². The highest BCUT2D eigenvalue weighted by molar-refractivity contribution is 5.83. The molecule has 0 aliphatic rings. The molecule has 10 nitrogen and oxygen atoms in total. The normalized spacial score (nSPS) is 10.9. The van der Waals surface area contributed by atoms with Crippen molar-refractivity contribution in [1.82, 2.24) is 10.6 Å². The molecule has 0 bridgehead atoms. The maximum Gasteiger partial charge on any atom is 0.222 e. The van der Waals surface area contributed by atoms with Crippen LogP contribution < -0.4 is 10.6 Å². The summed E-state index contributed by atoms with van der Waals surface area (Å²) in [6.07, 6.45) is 7.68. The molecule has 0 atom stereocenters. The minimum absolute atomic E-state index is 0.0123. The number of Topliss-reactive ketones (excluding diaryl/α,β-unsaturated/α-hetero) is 5. The summed E-state index contributed by atoms with van der Waals surface area (Å²) >= 11 is 0. The van der Waals surface area contributed by atoms with Crippen LogP contribution in [-0.2, 0) is 38.3 Å². The molecular formula is C45H86N2O8. The van der Waals surface area contributed by atoms with Gasteiger partial charge in [-0.3, -0.25) is 33.6 Å². The summed E-state index contributed by atoms with van der Waals surface area (Å²) in [4.78, 5) is 78.5. The van der Waals surface area contributed by atoms with Gasteiger partial charge in [0.15, 0.2) is 0 Å². The number of unbranched alkanes of at least 4 members (excludes halogenated alkanes) is 1. The Morgan fingerprint density at radius 2 is 0.745 bits per heavy atom. The zero-order valence-electron chi connectivity index (χ0n) is 38.3. The highest BCUT2D eigenvalue weighted by atomic mass is 16.5. The van der Waals surface area contributed by atoms with E-state index in [9.17, 15) is 33.6 Å². The van der Waals surface area contributed by atoms with Gasteiger partial charge in [0.25, 0.3) is 0 Å². The topological polar surface area (TPSA) is 153 Å². The SMILES string of the molecule is CC(C)CC(=O)C(C)C.CC(C)CC(=O)CCCC(=O)C(C)C.CC(C)NC(=O)CCCCC(=O)C(C)C.CC(C)NC(=O)CCOCCCC(=O)C(C)C. The number of nitrogens with one attached hydrogen (secondary N) is 2. The Kier molecular flexibility index (Phi) is 39.5. The van der Waals surface area contributed by atoms with Crippen molar-refractivity contribution in [1.29, 1.82) is 0 Å². The van der Waals surface area contributed by atoms with Gasteiger partial charge in [0.05, 0.1) is 6.61 Å². The molecule has 0 fully saturated rings. The number of carbonyl (C=O) groups is 7. The van der Waals surface area contributed by atoms with E-state index in [1.165, 1.54) is 0 Å². The van der Waals surface area contributed by atoms with Crippen molar-refractivity contribution in [3.05, 3.63) is 0 Å². The van der Waals surface area contributed by atoms with Crippen molar-refractivity contribution in [2.24, 2.45) is 35.5 Å². The molecule has 0 aromatic rings. The van der Waals surface area contributed by atoms with Crippen LogP contribution in [-0.4, -0.2) is 66.0 Å². The molecule has 0 heterocycles. The van der Waals surface area contributed by atoms with Gasteiger partial charge in [-0.15, -0.1) is 0 Å². The van der Waals surface area contributed by atoms with Crippen LogP contribution in [0.2, 0.25) is 0 Å². The van der Waals surface area contributed by atoms with Crippen LogP contribution >= 0.6 is 0 Å². The summed E-state index contributed by atoms with van der Waals surface area (Å²) in [6.45, 7) is 32.3. The Hall–Kier alpha value is -2.75. The predicted octanol–water partition coefficient (Wildman–Crippen LogP) is 9.47. The third-order valence-corrected chi connectivity index (χ3v) is 7.86. The standard InChI is InChI=1S/C13H25NO3.C12H23NO2.C12H22O2.C8H16O/c1-10(2)12(15)6-5-8-17-9-7-13(16)14-11(3)4;1-9(2)11(14)7-5-6-8-12(15)13-10(3)4;1-9(2)8-11(13)6-5-7-12(14)10(3)4;1-6(2)5-8(9)7(3)4/h10-11H,5-9H2,1-4H3,(H,14,16);9-10H,5-8H2,1-4H3,(H,13,15);9-10H,5-8H2,1-4H3;6-7H,5H2,1-4H3. The second-order valence-electron chi connectivity index (χ2n) is 17.2. The zero-order chi connectivity index (χ0) is 43.7. The zero-order valence-corrected chi connectivity index (χ0v) is 38.3. The fraction of sp³-hybridized carbons (Fsp3) is 0.844. The van der Waals surface area contributed by atoms with Crippen LogP contribution in [0.15, 0.2) is 0 Å². The van der Waals surface area contributed by atoms with Crippen LogP contribution in [0.3, 0.4) is 0 Å². The number of hydrogen-bond acceptors (Lipinski definition) is 8. The molecular weight excluding hydrogens is 697 g/mol. The lowest BCUT2D eigenvalue weighted by Gasteiger charge is -2.08. The van der Waals surface area contributed by atoms with Gasteiger partial charge in [-0.25, -0.2) is 0 Å². The van der Waals surface area contributed by atoms with E-state index in [0.717, 1.165) is 32.1 Å². The average molecular weight is 783 g/mol. The lowest BCUT2D eigenvalue weighted by molar-refractivity contribution is -0.124. The van der Waals surface area contributed by atoms with Gasteiger partial charge in [0, 0.05) is 93.7 Å². The quantitative estimate of drug-likeness (QED) is 0.0824. The third-order valence-electron chi connectivity index (χ3n) is 7.86. The first kappa shape index (κ1) is 58.9. The molecule has 324 valence electrons. The Morgan fingerprint density at radius 3 is 1.11 bits per heavy atom. The van der Waals surface area contributed by atoms with Gasteiger partial charge in [0.2, 0.25) is 11.8 Å². The molecule has 0 aliphatic carbocycles. The van der Waals surface area contributed by atoms with Gasteiger partial charge in [-0.05, 0) is 65.2 Å². The fourth-order valence-corrected chi connectivity index (χ4v) is 4.51. The molecule has 2 N–H and O–H groups in total. The van der Waals surface area contributed by atoms with Crippen molar-refractivity contribution in [2.45, 2.75) is 200 Å². The van der Waals surface area contributed by atoms with E-state index in [2.05, 4.69) is 24.5 Å². The third kappa shape index (κ3) is 47.3. The molecule has 55 heavy (non-hydrogen) atoms. The molecule has 0 saturated carbocycles. The van der Waals surface area contributed by atoms with Gasteiger partial charge >= 0.3 is 0 Å². The Bertz CT molecular complexity index is 1060. The molecule has 0 aromatic carbocycles. The largest absolute Gasteiger partial charge is 0.381 e. The highest BCUT2D eigenvalue weighted by Crippen LogP contribution is 2.09. The number of hydrogen-bond donors (Lipinski definition) is 2. The van der Waals surface area contributed by atoms with E-state index in [1.807, 2.05) is 96.9 Å². The first-order valence-corrected chi connectivity index (χ1v) is 21.1. The first-order chi connectivity index (χ1) is 25.3. The summed E-state index contributed by atoms with van der Waals surface area (Å²) in [5, 5.41) is 5.62.